The average molecular weight is 129 g/mol. The van der Waals surface area contributed by atoms with Crippen LogP contribution in [0.5, 0.6) is 0 Å². The number of rotatable bonds is 4. The van der Waals surface area contributed by atoms with E-state index in [1.807, 2.05) is 6.92 Å². The SMILES string of the molecule is COCC(C)CN=[N+]=[N-]. The molecule has 4 heteroatoms. The Balaban J connectivity index is 3.25. The van der Waals surface area contributed by atoms with Crippen LogP contribution in [0.1, 0.15) is 6.92 Å². The van der Waals surface area contributed by atoms with Gasteiger partial charge in [-0.05, 0) is 11.4 Å². The van der Waals surface area contributed by atoms with Gasteiger partial charge in [-0.1, -0.05) is 12.0 Å². The van der Waals surface area contributed by atoms with Crippen LogP contribution >= 0.6 is 0 Å². The molecule has 0 aliphatic heterocycles. The van der Waals surface area contributed by atoms with Gasteiger partial charge in [-0.2, -0.15) is 0 Å². The molecule has 0 bridgehead atoms. The van der Waals surface area contributed by atoms with Crippen molar-refractivity contribution >= 4 is 0 Å². The normalized spacial score (nSPS) is 12.2. The number of ether oxygens (including phenoxy) is 1. The maximum absolute atomic E-state index is 7.90. The molecule has 0 saturated heterocycles. The van der Waals surface area contributed by atoms with Crippen LogP contribution < -0.4 is 0 Å². The summed E-state index contributed by atoms with van der Waals surface area (Å²) in [6.07, 6.45) is 0. The van der Waals surface area contributed by atoms with Gasteiger partial charge < -0.3 is 4.74 Å². The second-order valence-corrected chi connectivity index (χ2v) is 1.97. The van der Waals surface area contributed by atoms with Gasteiger partial charge in [0.05, 0.1) is 0 Å². The third kappa shape index (κ3) is 5.14. The van der Waals surface area contributed by atoms with Gasteiger partial charge in [0, 0.05) is 25.2 Å². The Morgan fingerprint density at radius 3 is 2.89 bits per heavy atom. The maximum atomic E-state index is 7.90. The zero-order valence-electron chi connectivity index (χ0n) is 5.74. The molecule has 0 aromatic rings. The second-order valence-electron chi connectivity index (χ2n) is 1.97. The molecule has 0 radical (unpaired) electrons. The molecule has 0 heterocycles. The first-order chi connectivity index (χ1) is 4.31. The Hall–Kier alpha value is -0.730. The summed E-state index contributed by atoms with van der Waals surface area (Å²) in [6, 6.07) is 0. The number of methoxy groups -OCH3 is 1. The molecule has 0 aromatic heterocycles. The van der Waals surface area contributed by atoms with Crippen LogP contribution in [-0.4, -0.2) is 20.3 Å². The van der Waals surface area contributed by atoms with E-state index >= 15 is 0 Å². The number of hydrogen-bond acceptors (Lipinski definition) is 2. The average Bonchev–Trinajstić information content (AvgIpc) is 1.85. The minimum atomic E-state index is 0.325. The zero-order chi connectivity index (χ0) is 7.11. The lowest BCUT2D eigenvalue weighted by Crippen LogP contribution is -2.05. The van der Waals surface area contributed by atoms with Crippen molar-refractivity contribution in [2.24, 2.45) is 11.0 Å². The first-order valence-electron chi connectivity index (χ1n) is 2.81. The molecule has 0 aromatic carbocycles. The molecular weight excluding hydrogens is 118 g/mol. The quantitative estimate of drug-likeness (QED) is 0.323. The number of hydrogen-bond donors (Lipinski definition) is 0. The van der Waals surface area contributed by atoms with Crippen LogP contribution in [-0.2, 0) is 4.74 Å². The van der Waals surface area contributed by atoms with Gasteiger partial charge in [-0.3, -0.25) is 0 Å². The van der Waals surface area contributed by atoms with Gasteiger partial charge in [0.2, 0.25) is 0 Å². The highest BCUT2D eigenvalue weighted by molar-refractivity contribution is 4.54. The Kier molecular flexibility index (Phi) is 4.97. The molecule has 0 spiro atoms. The lowest BCUT2D eigenvalue weighted by molar-refractivity contribution is 0.163. The first-order valence-corrected chi connectivity index (χ1v) is 2.81. The molecule has 4 nitrogen and oxygen atoms in total. The third-order valence-corrected chi connectivity index (χ3v) is 0.908. The van der Waals surface area contributed by atoms with Crippen molar-refractivity contribution in [3.8, 4) is 0 Å². The number of nitrogens with zero attached hydrogens (tertiary/aromatic N) is 3. The summed E-state index contributed by atoms with van der Waals surface area (Å²) in [5.41, 5.74) is 7.90. The molecule has 0 fully saturated rings. The van der Waals surface area contributed by atoms with Gasteiger partial charge in [-0.25, -0.2) is 0 Å². The first kappa shape index (κ1) is 8.27. The van der Waals surface area contributed by atoms with Crippen molar-refractivity contribution in [2.45, 2.75) is 6.92 Å². The van der Waals surface area contributed by atoms with E-state index in [2.05, 4.69) is 10.0 Å². The Morgan fingerprint density at radius 2 is 2.44 bits per heavy atom. The van der Waals surface area contributed by atoms with Crippen molar-refractivity contribution in [1.82, 2.24) is 0 Å². The Morgan fingerprint density at radius 1 is 1.78 bits per heavy atom. The van der Waals surface area contributed by atoms with Crippen LogP contribution in [0.4, 0.5) is 0 Å². The predicted octanol–water partition coefficient (Wildman–Crippen LogP) is 1.58. The monoisotopic (exact) mass is 129 g/mol. The molecule has 0 amide bonds. The topological polar surface area (TPSA) is 58.0 Å². The van der Waals surface area contributed by atoms with E-state index in [0.29, 0.717) is 19.1 Å². The third-order valence-electron chi connectivity index (χ3n) is 0.908. The smallest absolute Gasteiger partial charge is 0.0489 e. The summed E-state index contributed by atoms with van der Waals surface area (Å²) in [5, 5.41) is 3.39. The van der Waals surface area contributed by atoms with Crippen molar-refractivity contribution in [3.05, 3.63) is 10.4 Å². The highest BCUT2D eigenvalue weighted by Crippen LogP contribution is 1.94. The Labute approximate surface area is 54.4 Å². The highest BCUT2D eigenvalue weighted by atomic mass is 16.5. The summed E-state index contributed by atoms with van der Waals surface area (Å²) in [6.45, 7) is 3.14. The fourth-order valence-corrected chi connectivity index (χ4v) is 0.513. The molecule has 0 saturated carbocycles. The summed E-state index contributed by atoms with van der Waals surface area (Å²) < 4.78 is 4.82. The second kappa shape index (κ2) is 5.41. The fourth-order valence-electron chi connectivity index (χ4n) is 0.513. The predicted molar refractivity (Wildman–Crippen MR) is 35.1 cm³/mol. The van der Waals surface area contributed by atoms with Crippen molar-refractivity contribution in [2.75, 3.05) is 20.3 Å². The van der Waals surface area contributed by atoms with Crippen LogP contribution in [0.3, 0.4) is 0 Å². The van der Waals surface area contributed by atoms with Crippen LogP contribution in [0, 0.1) is 5.92 Å². The van der Waals surface area contributed by atoms with E-state index in [1.165, 1.54) is 0 Å². The number of azide groups is 1. The lowest BCUT2D eigenvalue weighted by Gasteiger charge is -2.03. The fraction of sp³-hybridized carbons (Fsp3) is 1.00. The molecule has 0 rings (SSSR count). The van der Waals surface area contributed by atoms with E-state index in [4.69, 9.17) is 10.3 Å². The van der Waals surface area contributed by atoms with Gasteiger partial charge in [-0.15, -0.1) is 0 Å². The lowest BCUT2D eigenvalue weighted by atomic mass is 10.2. The van der Waals surface area contributed by atoms with Gasteiger partial charge in [0.25, 0.3) is 0 Å². The molecule has 1 unspecified atom stereocenters. The largest absolute Gasteiger partial charge is 0.384 e. The van der Waals surface area contributed by atoms with E-state index in [0.717, 1.165) is 0 Å². The van der Waals surface area contributed by atoms with E-state index in [1.54, 1.807) is 7.11 Å². The maximum Gasteiger partial charge on any atom is 0.0489 e. The van der Waals surface area contributed by atoms with Crippen molar-refractivity contribution in [3.63, 3.8) is 0 Å². The molecular formula is C5H11N3O. The van der Waals surface area contributed by atoms with E-state index in [-0.39, 0.29) is 0 Å². The molecule has 0 N–H and O–H groups in total. The van der Waals surface area contributed by atoms with E-state index < -0.39 is 0 Å². The molecule has 52 valence electrons. The zero-order valence-corrected chi connectivity index (χ0v) is 5.74. The van der Waals surface area contributed by atoms with Gasteiger partial charge in [0.15, 0.2) is 0 Å². The van der Waals surface area contributed by atoms with E-state index in [9.17, 15) is 0 Å². The Bertz CT molecular complexity index is 109. The standard InChI is InChI=1S/C5H11N3O/c1-5(4-9-2)3-7-8-6/h5H,3-4H2,1-2H3. The molecule has 9 heavy (non-hydrogen) atoms. The van der Waals surface area contributed by atoms with Crippen molar-refractivity contribution in [1.29, 1.82) is 0 Å². The minimum absolute atomic E-state index is 0.325. The van der Waals surface area contributed by atoms with Gasteiger partial charge in [0.1, 0.15) is 0 Å². The molecule has 0 aliphatic rings. The summed E-state index contributed by atoms with van der Waals surface area (Å²) in [7, 11) is 1.63. The molecule has 0 aliphatic carbocycles. The molecule has 1 atom stereocenters. The van der Waals surface area contributed by atoms with Crippen LogP contribution in [0.2, 0.25) is 0 Å². The van der Waals surface area contributed by atoms with Gasteiger partial charge >= 0.3 is 0 Å². The summed E-state index contributed by atoms with van der Waals surface area (Å²) >= 11 is 0. The summed E-state index contributed by atoms with van der Waals surface area (Å²) in [4.78, 5) is 2.63. The van der Waals surface area contributed by atoms with Crippen LogP contribution in [0.25, 0.3) is 10.4 Å². The van der Waals surface area contributed by atoms with Crippen LogP contribution in [0.15, 0.2) is 5.11 Å². The summed E-state index contributed by atoms with van der Waals surface area (Å²) in [5.74, 6) is 0.325. The minimum Gasteiger partial charge on any atom is -0.384 e. The van der Waals surface area contributed by atoms with Crippen molar-refractivity contribution < 1.29 is 4.74 Å². The highest BCUT2D eigenvalue weighted by Gasteiger charge is 1.96.